The molecule has 0 bridgehead atoms. The standard InChI is InChI=1S/C22H25N3O4S/c1-30(28,29)24-20-10-7-17(8-11-20)9-12-21(26)25-15-13-18(14-16-25)22(27)23-19-5-3-2-4-6-19/h2-12,18,24H,13-16H2,1H3,(H,23,27)/b12-9+. The summed E-state index contributed by atoms with van der Waals surface area (Å²) in [7, 11) is -3.32. The van der Waals surface area contributed by atoms with Crippen molar-refractivity contribution in [2.45, 2.75) is 12.8 Å². The van der Waals surface area contributed by atoms with Gasteiger partial charge in [0.2, 0.25) is 21.8 Å². The Hall–Kier alpha value is -3.13. The number of nitrogens with one attached hydrogen (secondary N) is 2. The number of rotatable bonds is 6. The first-order valence-electron chi connectivity index (χ1n) is 9.71. The average molecular weight is 428 g/mol. The fourth-order valence-electron chi connectivity index (χ4n) is 3.28. The van der Waals surface area contributed by atoms with Gasteiger partial charge in [0.25, 0.3) is 0 Å². The van der Waals surface area contributed by atoms with Crippen LogP contribution in [0.25, 0.3) is 6.08 Å². The maximum Gasteiger partial charge on any atom is 0.246 e. The third-order valence-electron chi connectivity index (χ3n) is 4.85. The van der Waals surface area contributed by atoms with E-state index >= 15 is 0 Å². The summed E-state index contributed by atoms with van der Waals surface area (Å²) < 4.78 is 24.9. The van der Waals surface area contributed by atoms with Gasteiger partial charge < -0.3 is 10.2 Å². The van der Waals surface area contributed by atoms with Crippen LogP contribution in [0.3, 0.4) is 0 Å². The van der Waals surface area contributed by atoms with Gasteiger partial charge in [-0.1, -0.05) is 30.3 Å². The van der Waals surface area contributed by atoms with Crippen LogP contribution < -0.4 is 10.0 Å². The number of sulfonamides is 1. The number of para-hydroxylation sites is 1. The minimum Gasteiger partial charge on any atom is -0.339 e. The predicted molar refractivity (Wildman–Crippen MR) is 118 cm³/mol. The minimum atomic E-state index is -3.32. The topological polar surface area (TPSA) is 95.6 Å². The van der Waals surface area contributed by atoms with Gasteiger partial charge in [-0.15, -0.1) is 0 Å². The van der Waals surface area contributed by atoms with Crippen LogP contribution in [0.4, 0.5) is 11.4 Å². The Balaban J connectivity index is 1.48. The van der Waals surface area contributed by atoms with Crippen molar-refractivity contribution < 1.29 is 18.0 Å². The molecule has 1 fully saturated rings. The van der Waals surface area contributed by atoms with Gasteiger partial charge >= 0.3 is 0 Å². The molecule has 1 aliphatic rings. The molecule has 0 aliphatic carbocycles. The van der Waals surface area contributed by atoms with E-state index in [1.54, 1.807) is 35.2 Å². The van der Waals surface area contributed by atoms with Gasteiger partial charge in [-0.05, 0) is 48.7 Å². The van der Waals surface area contributed by atoms with E-state index in [4.69, 9.17) is 0 Å². The first-order valence-corrected chi connectivity index (χ1v) is 11.6. The molecular formula is C22H25N3O4S. The average Bonchev–Trinajstić information content (AvgIpc) is 2.73. The Bertz CT molecular complexity index is 1010. The molecule has 0 unspecified atom stereocenters. The van der Waals surface area contributed by atoms with Gasteiger partial charge in [0.15, 0.2) is 0 Å². The number of nitrogens with zero attached hydrogens (tertiary/aromatic N) is 1. The molecule has 1 aliphatic heterocycles. The molecular weight excluding hydrogens is 402 g/mol. The lowest BCUT2D eigenvalue weighted by Gasteiger charge is -2.30. The highest BCUT2D eigenvalue weighted by atomic mass is 32.2. The number of likely N-dealkylation sites (tertiary alicyclic amines) is 1. The number of benzene rings is 2. The maximum atomic E-state index is 12.4. The van der Waals surface area contributed by atoms with Crippen LogP contribution in [0.5, 0.6) is 0 Å². The molecule has 30 heavy (non-hydrogen) atoms. The van der Waals surface area contributed by atoms with Crippen molar-refractivity contribution in [3.63, 3.8) is 0 Å². The minimum absolute atomic E-state index is 0.00775. The number of piperidine rings is 1. The predicted octanol–water partition coefficient (Wildman–Crippen LogP) is 2.95. The van der Waals surface area contributed by atoms with Crippen LogP contribution >= 0.6 is 0 Å². The summed E-state index contributed by atoms with van der Waals surface area (Å²) in [5.41, 5.74) is 2.04. The first-order chi connectivity index (χ1) is 14.3. The second kappa shape index (κ2) is 9.58. The third kappa shape index (κ3) is 6.45. The lowest BCUT2D eigenvalue weighted by atomic mass is 9.95. The molecule has 0 spiro atoms. The lowest BCUT2D eigenvalue weighted by molar-refractivity contribution is -0.130. The Kier molecular flexibility index (Phi) is 6.89. The van der Waals surface area contributed by atoms with Crippen molar-refractivity contribution in [1.29, 1.82) is 0 Å². The molecule has 1 saturated heterocycles. The molecule has 158 valence electrons. The van der Waals surface area contributed by atoms with E-state index in [9.17, 15) is 18.0 Å². The van der Waals surface area contributed by atoms with Gasteiger partial charge in [0, 0.05) is 36.5 Å². The summed E-state index contributed by atoms with van der Waals surface area (Å²) in [6.45, 7) is 1.07. The smallest absolute Gasteiger partial charge is 0.246 e. The summed E-state index contributed by atoms with van der Waals surface area (Å²) in [6, 6.07) is 16.1. The van der Waals surface area contributed by atoms with Gasteiger partial charge in [0.1, 0.15) is 0 Å². The summed E-state index contributed by atoms with van der Waals surface area (Å²) in [4.78, 5) is 26.6. The van der Waals surface area contributed by atoms with Crippen molar-refractivity contribution in [3.8, 4) is 0 Å². The van der Waals surface area contributed by atoms with E-state index in [1.165, 1.54) is 6.08 Å². The Morgan fingerprint density at radius 1 is 0.967 bits per heavy atom. The largest absolute Gasteiger partial charge is 0.339 e. The fourth-order valence-corrected chi connectivity index (χ4v) is 3.84. The van der Waals surface area contributed by atoms with E-state index in [1.807, 2.05) is 30.3 Å². The SMILES string of the molecule is CS(=O)(=O)Nc1ccc(/C=C/C(=O)N2CCC(C(=O)Nc3ccccc3)CC2)cc1. The summed E-state index contributed by atoms with van der Waals surface area (Å²) >= 11 is 0. The first kappa shape index (κ1) is 21.6. The molecule has 2 N–H and O–H groups in total. The summed E-state index contributed by atoms with van der Waals surface area (Å²) in [5, 5.41) is 2.92. The van der Waals surface area contributed by atoms with Crippen molar-refractivity contribution in [3.05, 3.63) is 66.2 Å². The second-order valence-corrected chi connectivity index (χ2v) is 9.03. The second-order valence-electron chi connectivity index (χ2n) is 7.28. The zero-order valence-corrected chi connectivity index (χ0v) is 17.6. The van der Waals surface area contributed by atoms with E-state index in [2.05, 4.69) is 10.0 Å². The molecule has 8 heteroatoms. The third-order valence-corrected chi connectivity index (χ3v) is 5.46. The number of carbonyl (C=O) groups excluding carboxylic acids is 2. The van der Waals surface area contributed by atoms with Crippen LogP contribution in [0, 0.1) is 5.92 Å². The van der Waals surface area contributed by atoms with E-state index in [0.717, 1.165) is 17.5 Å². The molecule has 0 radical (unpaired) electrons. The van der Waals surface area contributed by atoms with E-state index in [-0.39, 0.29) is 17.7 Å². The maximum absolute atomic E-state index is 12.4. The molecule has 1 heterocycles. The van der Waals surface area contributed by atoms with Crippen LogP contribution in [-0.2, 0) is 19.6 Å². The van der Waals surface area contributed by atoms with Crippen LogP contribution in [0.1, 0.15) is 18.4 Å². The highest BCUT2D eigenvalue weighted by Crippen LogP contribution is 2.20. The number of hydrogen-bond donors (Lipinski definition) is 2. The Labute approximate surface area is 176 Å². The normalized spacial score (nSPS) is 15.2. The molecule has 0 atom stereocenters. The number of amides is 2. The molecule has 0 saturated carbocycles. The van der Waals surface area contributed by atoms with E-state index < -0.39 is 10.0 Å². The Morgan fingerprint density at radius 2 is 1.60 bits per heavy atom. The van der Waals surface area contributed by atoms with Gasteiger partial charge in [-0.3, -0.25) is 14.3 Å². The van der Waals surface area contributed by atoms with Crippen molar-refractivity contribution in [2.75, 3.05) is 29.4 Å². The van der Waals surface area contributed by atoms with Crippen molar-refractivity contribution in [2.24, 2.45) is 5.92 Å². The van der Waals surface area contributed by atoms with E-state index in [0.29, 0.717) is 31.6 Å². The molecule has 0 aromatic heterocycles. The summed E-state index contributed by atoms with van der Waals surface area (Å²) in [6.07, 6.45) is 5.55. The fraction of sp³-hybridized carbons (Fsp3) is 0.273. The zero-order chi connectivity index (χ0) is 21.6. The number of carbonyl (C=O) groups is 2. The summed E-state index contributed by atoms with van der Waals surface area (Å²) in [5.74, 6) is -0.213. The molecule has 7 nitrogen and oxygen atoms in total. The van der Waals surface area contributed by atoms with Crippen LogP contribution in [0.2, 0.25) is 0 Å². The monoisotopic (exact) mass is 427 g/mol. The Morgan fingerprint density at radius 3 is 2.20 bits per heavy atom. The van der Waals surface area contributed by atoms with Gasteiger partial charge in [0.05, 0.1) is 6.26 Å². The van der Waals surface area contributed by atoms with Crippen LogP contribution in [0.15, 0.2) is 60.7 Å². The quantitative estimate of drug-likeness (QED) is 0.693. The number of hydrogen-bond acceptors (Lipinski definition) is 4. The number of anilines is 2. The lowest BCUT2D eigenvalue weighted by Crippen LogP contribution is -2.40. The molecule has 2 amide bonds. The van der Waals surface area contributed by atoms with Gasteiger partial charge in [-0.2, -0.15) is 0 Å². The van der Waals surface area contributed by atoms with Gasteiger partial charge in [-0.25, -0.2) is 8.42 Å². The zero-order valence-electron chi connectivity index (χ0n) is 16.7. The van der Waals surface area contributed by atoms with Crippen molar-refractivity contribution >= 4 is 39.3 Å². The van der Waals surface area contributed by atoms with Crippen molar-refractivity contribution in [1.82, 2.24) is 4.90 Å². The molecule has 3 rings (SSSR count). The van der Waals surface area contributed by atoms with Crippen LogP contribution in [-0.4, -0.2) is 44.5 Å². The highest BCUT2D eigenvalue weighted by Gasteiger charge is 2.26. The highest BCUT2D eigenvalue weighted by molar-refractivity contribution is 7.92. The molecule has 2 aromatic rings. The molecule has 2 aromatic carbocycles.